The van der Waals surface area contributed by atoms with Crippen molar-refractivity contribution in [3.05, 3.63) is 106 Å². The SMILES string of the molecule is O=C(NC1CCCC1)C(Cc1ccccc1)N(Cc1ccc(Cl)cc1Cl)C(=O)Cc1ccccc1. The van der Waals surface area contributed by atoms with Crippen LogP contribution in [0.2, 0.25) is 10.0 Å². The van der Waals surface area contributed by atoms with E-state index in [0.717, 1.165) is 42.4 Å². The maximum Gasteiger partial charge on any atom is 0.243 e. The lowest BCUT2D eigenvalue weighted by atomic mass is 10.0. The first-order valence-electron chi connectivity index (χ1n) is 12.1. The summed E-state index contributed by atoms with van der Waals surface area (Å²) in [4.78, 5) is 29.1. The molecule has 1 unspecified atom stereocenters. The molecule has 0 radical (unpaired) electrons. The van der Waals surface area contributed by atoms with E-state index in [-0.39, 0.29) is 30.8 Å². The molecule has 1 atom stereocenters. The van der Waals surface area contributed by atoms with E-state index in [9.17, 15) is 9.59 Å². The fourth-order valence-electron chi connectivity index (χ4n) is 4.63. The Bertz CT molecular complexity index is 1130. The molecule has 182 valence electrons. The van der Waals surface area contributed by atoms with Gasteiger partial charge in [-0.25, -0.2) is 0 Å². The van der Waals surface area contributed by atoms with Crippen molar-refractivity contribution in [1.82, 2.24) is 10.2 Å². The third-order valence-corrected chi connectivity index (χ3v) is 7.11. The Balaban J connectivity index is 1.67. The maximum atomic E-state index is 13.7. The van der Waals surface area contributed by atoms with Crippen molar-refractivity contribution in [2.24, 2.45) is 0 Å². The molecule has 0 aliphatic heterocycles. The molecule has 1 fully saturated rings. The van der Waals surface area contributed by atoms with Gasteiger partial charge in [0.25, 0.3) is 0 Å². The van der Waals surface area contributed by atoms with Crippen LogP contribution < -0.4 is 5.32 Å². The van der Waals surface area contributed by atoms with E-state index in [1.807, 2.05) is 66.7 Å². The average Bonchev–Trinajstić information content (AvgIpc) is 3.36. The van der Waals surface area contributed by atoms with Crippen molar-refractivity contribution >= 4 is 35.0 Å². The molecule has 35 heavy (non-hydrogen) atoms. The molecule has 0 heterocycles. The smallest absolute Gasteiger partial charge is 0.243 e. The van der Waals surface area contributed by atoms with Crippen LogP contribution >= 0.6 is 23.2 Å². The summed E-state index contributed by atoms with van der Waals surface area (Å²) in [6.07, 6.45) is 4.81. The monoisotopic (exact) mass is 508 g/mol. The van der Waals surface area contributed by atoms with Crippen LogP contribution in [-0.4, -0.2) is 28.8 Å². The lowest BCUT2D eigenvalue weighted by Crippen LogP contribution is -2.52. The minimum absolute atomic E-state index is 0.118. The van der Waals surface area contributed by atoms with Gasteiger partial charge in [-0.3, -0.25) is 9.59 Å². The Hall–Kier alpha value is -2.82. The molecule has 2 amide bonds. The van der Waals surface area contributed by atoms with Crippen LogP contribution in [0, 0.1) is 0 Å². The second kappa shape index (κ2) is 12.2. The highest BCUT2D eigenvalue weighted by molar-refractivity contribution is 6.35. The summed E-state index contributed by atoms with van der Waals surface area (Å²) in [5.41, 5.74) is 2.65. The Morgan fingerprint density at radius 3 is 2.14 bits per heavy atom. The van der Waals surface area contributed by atoms with E-state index < -0.39 is 6.04 Å². The third-order valence-electron chi connectivity index (χ3n) is 6.53. The number of amides is 2. The normalized spacial score (nSPS) is 14.5. The first kappa shape index (κ1) is 25.3. The van der Waals surface area contributed by atoms with Gasteiger partial charge in [0.1, 0.15) is 6.04 Å². The van der Waals surface area contributed by atoms with Crippen molar-refractivity contribution in [3.8, 4) is 0 Å². The van der Waals surface area contributed by atoms with Gasteiger partial charge >= 0.3 is 0 Å². The van der Waals surface area contributed by atoms with Crippen LogP contribution in [0.3, 0.4) is 0 Å². The Labute approximate surface area is 217 Å². The summed E-state index contributed by atoms with van der Waals surface area (Å²) < 4.78 is 0. The van der Waals surface area contributed by atoms with Gasteiger partial charge in [-0.2, -0.15) is 0 Å². The molecule has 1 N–H and O–H groups in total. The second-order valence-corrected chi connectivity index (χ2v) is 9.96. The van der Waals surface area contributed by atoms with Crippen LogP contribution in [0.15, 0.2) is 78.9 Å². The van der Waals surface area contributed by atoms with E-state index >= 15 is 0 Å². The lowest BCUT2D eigenvalue weighted by molar-refractivity contribution is -0.141. The number of hydrogen-bond donors (Lipinski definition) is 1. The summed E-state index contributed by atoms with van der Waals surface area (Å²) in [5, 5.41) is 4.23. The van der Waals surface area contributed by atoms with Gasteiger partial charge in [0, 0.05) is 29.1 Å². The zero-order valence-electron chi connectivity index (χ0n) is 19.6. The highest BCUT2D eigenvalue weighted by Crippen LogP contribution is 2.25. The third kappa shape index (κ3) is 7.09. The zero-order chi connectivity index (χ0) is 24.6. The molecule has 3 aromatic carbocycles. The molecule has 6 heteroatoms. The van der Waals surface area contributed by atoms with Crippen molar-refractivity contribution < 1.29 is 9.59 Å². The van der Waals surface area contributed by atoms with Crippen LogP contribution in [0.4, 0.5) is 0 Å². The van der Waals surface area contributed by atoms with Gasteiger partial charge in [-0.15, -0.1) is 0 Å². The highest BCUT2D eigenvalue weighted by atomic mass is 35.5. The van der Waals surface area contributed by atoms with Gasteiger partial charge in [0.05, 0.1) is 6.42 Å². The predicted molar refractivity (Wildman–Crippen MR) is 141 cm³/mol. The molecular weight excluding hydrogens is 479 g/mol. The summed E-state index contributed by atoms with van der Waals surface area (Å²) in [7, 11) is 0. The Kier molecular flexibility index (Phi) is 8.84. The summed E-state index contributed by atoms with van der Waals surface area (Å²) in [6.45, 7) is 0.220. The number of carbonyl (C=O) groups is 2. The molecule has 0 spiro atoms. The molecule has 0 aromatic heterocycles. The average molecular weight is 509 g/mol. The number of carbonyl (C=O) groups excluding carboxylic acids is 2. The minimum Gasteiger partial charge on any atom is -0.352 e. The molecule has 0 saturated heterocycles. The summed E-state index contributed by atoms with van der Waals surface area (Å²) >= 11 is 12.6. The predicted octanol–water partition coefficient (Wildman–Crippen LogP) is 6.23. The number of nitrogens with one attached hydrogen (secondary N) is 1. The zero-order valence-corrected chi connectivity index (χ0v) is 21.1. The largest absolute Gasteiger partial charge is 0.352 e. The van der Waals surface area contributed by atoms with Gasteiger partial charge in [0.15, 0.2) is 0 Å². The van der Waals surface area contributed by atoms with E-state index in [0.29, 0.717) is 16.5 Å². The standard InChI is InChI=1S/C29H30Cl2N2O2/c30-24-16-15-23(26(31)19-24)20-33(28(34)18-22-11-5-2-6-12-22)27(17-21-9-3-1-4-10-21)29(35)32-25-13-7-8-14-25/h1-6,9-12,15-16,19,25,27H,7-8,13-14,17-18,20H2,(H,32,35). The quantitative estimate of drug-likeness (QED) is 0.372. The topological polar surface area (TPSA) is 49.4 Å². The van der Waals surface area contributed by atoms with Gasteiger partial charge in [-0.1, -0.05) is 103 Å². The van der Waals surface area contributed by atoms with Crippen LogP contribution in [0.1, 0.15) is 42.4 Å². The number of halogens is 2. The molecule has 4 rings (SSSR count). The van der Waals surface area contributed by atoms with Crippen molar-refractivity contribution in [1.29, 1.82) is 0 Å². The molecule has 3 aromatic rings. The minimum atomic E-state index is -0.666. The van der Waals surface area contributed by atoms with Crippen LogP contribution in [-0.2, 0) is 29.0 Å². The highest BCUT2D eigenvalue weighted by Gasteiger charge is 2.32. The molecular formula is C29H30Cl2N2O2. The first-order chi connectivity index (χ1) is 17.0. The second-order valence-electron chi connectivity index (χ2n) is 9.12. The van der Waals surface area contributed by atoms with E-state index in [2.05, 4.69) is 5.32 Å². The van der Waals surface area contributed by atoms with Gasteiger partial charge < -0.3 is 10.2 Å². The molecule has 0 bridgehead atoms. The lowest BCUT2D eigenvalue weighted by Gasteiger charge is -2.32. The summed E-state index contributed by atoms with van der Waals surface area (Å²) in [6, 6.07) is 24.2. The number of hydrogen-bond acceptors (Lipinski definition) is 2. The fourth-order valence-corrected chi connectivity index (χ4v) is 5.10. The van der Waals surface area contributed by atoms with Crippen molar-refractivity contribution in [2.45, 2.75) is 57.2 Å². The Morgan fingerprint density at radius 2 is 1.51 bits per heavy atom. The van der Waals surface area contributed by atoms with Crippen molar-refractivity contribution in [3.63, 3.8) is 0 Å². The number of benzene rings is 3. The van der Waals surface area contributed by atoms with E-state index in [4.69, 9.17) is 23.2 Å². The Morgan fingerprint density at radius 1 is 0.886 bits per heavy atom. The fraction of sp³-hybridized carbons (Fsp3) is 0.310. The van der Waals surface area contributed by atoms with Crippen LogP contribution in [0.5, 0.6) is 0 Å². The van der Waals surface area contributed by atoms with E-state index in [1.165, 1.54) is 0 Å². The molecule has 1 aliphatic rings. The van der Waals surface area contributed by atoms with Gasteiger partial charge in [0.2, 0.25) is 11.8 Å². The van der Waals surface area contributed by atoms with Crippen LogP contribution in [0.25, 0.3) is 0 Å². The van der Waals surface area contributed by atoms with Crippen molar-refractivity contribution in [2.75, 3.05) is 0 Å². The molecule has 1 aliphatic carbocycles. The number of rotatable bonds is 9. The van der Waals surface area contributed by atoms with E-state index in [1.54, 1.807) is 17.0 Å². The molecule has 1 saturated carbocycles. The summed E-state index contributed by atoms with van der Waals surface area (Å²) in [5.74, 6) is -0.239. The first-order valence-corrected chi connectivity index (χ1v) is 12.9. The maximum absolute atomic E-state index is 13.7. The molecule has 4 nitrogen and oxygen atoms in total. The number of nitrogens with zero attached hydrogens (tertiary/aromatic N) is 1. The van der Waals surface area contributed by atoms with Gasteiger partial charge in [-0.05, 0) is 41.7 Å².